The van der Waals surface area contributed by atoms with Gasteiger partial charge in [-0.05, 0) is 38.5 Å². The lowest BCUT2D eigenvalue weighted by atomic mass is 10.00. The first-order chi connectivity index (χ1) is 7.22. The molecule has 0 radical (unpaired) electrons. The lowest BCUT2D eigenvalue weighted by molar-refractivity contribution is 0.0153. The number of rotatable bonds is 6. The van der Waals surface area contributed by atoms with Gasteiger partial charge >= 0.3 is 0 Å². The van der Waals surface area contributed by atoms with E-state index < -0.39 is 0 Å². The van der Waals surface area contributed by atoms with Gasteiger partial charge in [0.25, 0.3) is 0 Å². The molecule has 1 rings (SSSR count). The summed E-state index contributed by atoms with van der Waals surface area (Å²) in [5.74, 6) is 0.833. The maximum absolute atomic E-state index is 5.70. The van der Waals surface area contributed by atoms with Gasteiger partial charge in [0, 0.05) is 19.2 Å². The van der Waals surface area contributed by atoms with Crippen molar-refractivity contribution in [1.29, 1.82) is 0 Å². The van der Waals surface area contributed by atoms with Gasteiger partial charge in [0.15, 0.2) is 0 Å². The van der Waals surface area contributed by atoms with Crippen LogP contribution in [0, 0.1) is 5.92 Å². The zero-order chi connectivity index (χ0) is 11.1. The van der Waals surface area contributed by atoms with E-state index in [4.69, 9.17) is 4.74 Å². The van der Waals surface area contributed by atoms with E-state index in [0.29, 0.717) is 12.1 Å². The first kappa shape index (κ1) is 13.0. The SMILES string of the molecule is CCC(C)CC(C)NCC1CCCCO1. The van der Waals surface area contributed by atoms with Gasteiger partial charge in [-0.2, -0.15) is 0 Å². The van der Waals surface area contributed by atoms with Crippen LogP contribution < -0.4 is 5.32 Å². The predicted molar refractivity (Wildman–Crippen MR) is 65.1 cm³/mol. The Labute approximate surface area is 94.8 Å². The second kappa shape index (κ2) is 7.24. The summed E-state index contributed by atoms with van der Waals surface area (Å²) in [4.78, 5) is 0. The summed E-state index contributed by atoms with van der Waals surface area (Å²) in [6.45, 7) is 8.88. The minimum atomic E-state index is 0.470. The molecule has 0 aromatic heterocycles. The van der Waals surface area contributed by atoms with Crippen molar-refractivity contribution in [2.24, 2.45) is 5.92 Å². The summed E-state index contributed by atoms with van der Waals surface area (Å²) in [5.41, 5.74) is 0. The highest BCUT2D eigenvalue weighted by atomic mass is 16.5. The minimum Gasteiger partial charge on any atom is -0.377 e. The number of hydrogen-bond donors (Lipinski definition) is 1. The summed E-state index contributed by atoms with van der Waals surface area (Å²) in [7, 11) is 0. The first-order valence-electron chi connectivity index (χ1n) is 6.57. The van der Waals surface area contributed by atoms with Crippen LogP contribution in [0.4, 0.5) is 0 Å². The maximum Gasteiger partial charge on any atom is 0.0699 e. The van der Waals surface area contributed by atoms with Gasteiger partial charge in [-0.25, -0.2) is 0 Å². The van der Waals surface area contributed by atoms with Crippen LogP contribution in [0.25, 0.3) is 0 Å². The molecule has 1 aliphatic rings. The molecule has 1 heterocycles. The molecule has 3 atom stereocenters. The molecule has 15 heavy (non-hydrogen) atoms. The molecular formula is C13H27NO. The van der Waals surface area contributed by atoms with E-state index in [1.165, 1.54) is 32.1 Å². The molecule has 0 spiro atoms. The summed E-state index contributed by atoms with van der Waals surface area (Å²) >= 11 is 0. The van der Waals surface area contributed by atoms with Crippen LogP contribution in [0.1, 0.15) is 52.9 Å². The lowest BCUT2D eigenvalue weighted by Gasteiger charge is -2.25. The average Bonchev–Trinajstić information content (AvgIpc) is 2.27. The van der Waals surface area contributed by atoms with Crippen LogP contribution in [0.15, 0.2) is 0 Å². The van der Waals surface area contributed by atoms with Gasteiger partial charge in [0.1, 0.15) is 0 Å². The molecule has 1 fully saturated rings. The Hall–Kier alpha value is -0.0800. The fraction of sp³-hybridized carbons (Fsp3) is 1.00. The summed E-state index contributed by atoms with van der Waals surface area (Å²) in [6, 6.07) is 0.630. The molecule has 2 heteroatoms. The van der Waals surface area contributed by atoms with Crippen LogP contribution in [-0.2, 0) is 4.74 Å². The third-order valence-corrected chi connectivity index (χ3v) is 3.42. The van der Waals surface area contributed by atoms with E-state index >= 15 is 0 Å². The van der Waals surface area contributed by atoms with Gasteiger partial charge < -0.3 is 10.1 Å². The molecule has 0 bridgehead atoms. The quantitative estimate of drug-likeness (QED) is 0.732. The van der Waals surface area contributed by atoms with Crippen LogP contribution in [0.3, 0.4) is 0 Å². The molecule has 0 aromatic rings. The second-order valence-electron chi connectivity index (χ2n) is 5.05. The molecule has 1 aliphatic heterocycles. The van der Waals surface area contributed by atoms with Crippen LogP contribution in [0.2, 0.25) is 0 Å². The molecule has 3 unspecified atom stereocenters. The minimum absolute atomic E-state index is 0.470. The van der Waals surface area contributed by atoms with Crippen molar-refractivity contribution in [2.75, 3.05) is 13.2 Å². The van der Waals surface area contributed by atoms with Crippen molar-refractivity contribution < 1.29 is 4.74 Å². The molecule has 0 aliphatic carbocycles. The van der Waals surface area contributed by atoms with E-state index in [-0.39, 0.29) is 0 Å². The standard InChI is InChI=1S/C13H27NO/c1-4-11(2)9-12(3)14-10-13-7-5-6-8-15-13/h11-14H,4-10H2,1-3H3. The zero-order valence-electron chi connectivity index (χ0n) is 10.6. The summed E-state index contributed by atoms with van der Waals surface area (Å²) < 4.78 is 5.70. The van der Waals surface area contributed by atoms with Gasteiger partial charge in [0.2, 0.25) is 0 Å². The highest BCUT2D eigenvalue weighted by Gasteiger charge is 2.14. The molecular weight excluding hydrogens is 186 g/mol. The Balaban J connectivity index is 2.07. The first-order valence-corrected chi connectivity index (χ1v) is 6.57. The molecule has 0 saturated carbocycles. The zero-order valence-corrected chi connectivity index (χ0v) is 10.6. The van der Waals surface area contributed by atoms with Gasteiger partial charge in [0.05, 0.1) is 6.10 Å². The van der Waals surface area contributed by atoms with Crippen molar-refractivity contribution in [3.05, 3.63) is 0 Å². The molecule has 1 N–H and O–H groups in total. The van der Waals surface area contributed by atoms with Crippen molar-refractivity contribution in [3.8, 4) is 0 Å². The Kier molecular flexibility index (Phi) is 6.26. The molecule has 90 valence electrons. The Morgan fingerprint density at radius 2 is 2.13 bits per heavy atom. The van der Waals surface area contributed by atoms with Gasteiger partial charge in [-0.15, -0.1) is 0 Å². The fourth-order valence-corrected chi connectivity index (χ4v) is 2.15. The smallest absolute Gasteiger partial charge is 0.0699 e. The largest absolute Gasteiger partial charge is 0.377 e. The predicted octanol–water partition coefficient (Wildman–Crippen LogP) is 2.97. The third kappa shape index (κ3) is 5.53. The highest BCUT2D eigenvalue weighted by molar-refractivity contribution is 4.70. The second-order valence-corrected chi connectivity index (χ2v) is 5.05. The molecule has 0 aromatic carbocycles. The van der Waals surface area contributed by atoms with E-state index in [1.54, 1.807) is 0 Å². The highest BCUT2D eigenvalue weighted by Crippen LogP contribution is 2.13. The molecule has 2 nitrogen and oxygen atoms in total. The Morgan fingerprint density at radius 3 is 2.73 bits per heavy atom. The fourth-order valence-electron chi connectivity index (χ4n) is 2.15. The van der Waals surface area contributed by atoms with Gasteiger partial charge in [-0.1, -0.05) is 20.3 Å². The third-order valence-electron chi connectivity index (χ3n) is 3.42. The maximum atomic E-state index is 5.70. The van der Waals surface area contributed by atoms with Crippen molar-refractivity contribution in [2.45, 2.75) is 65.0 Å². The van der Waals surface area contributed by atoms with E-state index in [0.717, 1.165) is 19.1 Å². The topological polar surface area (TPSA) is 21.3 Å². The number of ether oxygens (including phenoxy) is 1. The monoisotopic (exact) mass is 213 g/mol. The number of nitrogens with one attached hydrogen (secondary N) is 1. The Bertz CT molecular complexity index is 155. The van der Waals surface area contributed by atoms with Crippen LogP contribution >= 0.6 is 0 Å². The van der Waals surface area contributed by atoms with Crippen molar-refractivity contribution >= 4 is 0 Å². The van der Waals surface area contributed by atoms with Crippen molar-refractivity contribution in [3.63, 3.8) is 0 Å². The normalized spacial score (nSPS) is 26.2. The van der Waals surface area contributed by atoms with Crippen molar-refractivity contribution in [1.82, 2.24) is 5.32 Å². The van der Waals surface area contributed by atoms with E-state index in [2.05, 4.69) is 26.1 Å². The number of hydrogen-bond acceptors (Lipinski definition) is 2. The lowest BCUT2D eigenvalue weighted by Crippen LogP contribution is -2.37. The summed E-state index contributed by atoms with van der Waals surface area (Å²) in [5, 5.41) is 3.59. The average molecular weight is 213 g/mol. The van der Waals surface area contributed by atoms with Crippen LogP contribution in [-0.4, -0.2) is 25.3 Å². The molecule has 0 amide bonds. The Morgan fingerprint density at radius 1 is 1.33 bits per heavy atom. The summed E-state index contributed by atoms with van der Waals surface area (Å²) in [6.07, 6.45) is 6.86. The molecule has 1 saturated heterocycles. The van der Waals surface area contributed by atoms with E-state index in [9.17, 15) is 0 Å². The van der Waals surface area contributed by atoms with Crippen LogP contribution in [0.5, 0.6) is 0 Å². The van der Waals surface area contributed by atoms with E-state index in [1.807, 2.05) is 0 Å². The van der Waals surface area contributed by atoms with Gasteiger partial charge in [-0.3, -0.25) is 0 Å².